The molecular weight excluding hydrogens is 474 g/mol. The smallest absolute Gasteiger partial charge is 0.338 e. The SMILES string of the molecule is CCN1C[C@]2(C)C(O)CC(OC)C34C5C[C@@H]6CC[C@@](O)(C5C(=O)O6)[C@H](C(OC(=O)c5ccccc5)C32)[C@@H]14. The molecule has 3 heterocycles. The molecule has 7 aliphatic rings. The number of likely N-dealkylation sites (tertiary alicyclic amines) is 1. The van der Waals surface area contributed by atoms with Gasteiger partial charge in [0, 0.05) is 48.8 Å². The quantitative estimate of drug-likeness (QED) is 0.592. The molecule has 12 atom stereocenters. The summed E-state index contributed by atoms with van der Waals surface area (Å²) in [6.07, 6.45) is 0.280. The fourth-order valence-electron chi connectivity index (χ4n) is 10.4. The molecule has 8 nitrogen and oxygen atoms in total. The molecule has 8 rings (SSSR count). The highest BCUT2D eigenvalue weighted by molar-refractivity contribution is 5.89. The molecule has 2 N–H and O–H groups in total. The van der Waals surface area contributed by atoms with Crippen LogP contribution in [0.4, 0.5) is 0 Å². The van der Waals surface area contributed by atoms with Gasteiger partial charge in [-0.3, -0.25) is 9.69 Å². The Hall–Kier alpha value is -2.00. The van der Waals surface area contributed by atoms with Gasteiger partial charge < -0.3 is 24.4 Å². The van der Waals surface area contributed by atoms with Crippen LogP contribution in [0.1, 0.15) is 49.9 Å². The van der Waals surface area contributed by atoms with Crippen molar-refractivity contribution in [2.24, 2.45) is 34.5 Å². The van der Waals surface area contributed by atoms with E-state index in [2.05, 4.69) is 18.7 Å². The number of hydrogen-bond donors (Lipinski definition) is 2. The monoisotopic (exact) mass is 511 g/mol. The third-order valence-electron chi connectivity index (χ3n) is 11.5. The lowest BCUT2D eigenvalue weighted by Crippen LogP contribution is -2.78. The molecule has 7 fully saturated rings. The summed E-state index contributed by atoms with van der Waals surface area (Å²) in [7, 11) is 1.69. The third kappa shape index (κ3) is 2.73. The molecule has 1 aromatic rings. The van der Waals surface area contributed by atoms with Gasteiger partial charge in [-0.2, -0.15) is 0 Å². The Morgan fingerprint density at radius 1 is 1.24 bits per heavy atom. The van der Waals surface area contributed by atoms with E-state index in [1.54, 1.807) is 31.4 Å². The van der Waals surface area contributed by atoms with Gasteiger partial charge in [0.05, 0.1) is 29.3 Å². The van der Waals surface area contributed by atoms with Gasteiger partial charge in [0.2, 0.25) is 0 Å². The first-order valence-electron chi connectivity index (χ1n) is 13.9. The lowest BCUT2D eigenvalue weighted by Gasteiger charge is -2.69. The minimum atomic E-state index is -1.36. The number of carbonyl (C=O) groups excluding carboxylic acids is 2. The van der Waals surface area contributed by atoms with Crippen molar-refractivity contribution < 1.29 is 34.0 Å². The van der Waals surface area contributed by atoms with E-state index in [-0.39, 0.29) is 36.1 Å². The topological polar surface area (TPSA) is 106 Å². The molecule has 3 saturated heterocycles. The zero-order valence-corrected chi connectivity index (χ0v) is 21.7. The predicted molar refractivity (Wildman–Crippen MR) is 131 cm³/mol. The number of esters is 2. The standard InChI is InChI=1S/C29H37NO7/c1-4-30-14-27(2)18(31)13-19(35-3)29-17-12-16-10-11-28(34,20(17)26(33)36-16)21(24(29)30)22(23(27)29)37-25(32)15-8-6-5-7-9-15/h5-9,16-24,31,34H,4,10-14H2,1-3H3/t16-,17?,18?,19?,20?,21+,22?,23?,24+,27+,28+,29?/m0/s1. The molecule has 8 heteroatoms. The summed E-state index contributed by atoms with van der Waals surface area (Å²) in [4.78, 5) is 29.5. The van der Waals surface area contributed by atoms with Crippen molar-refractivity contribution in [2.45, 2.75) is 75.6 Å². The molecule has 1 spiro atoms. The van der Waals surface area contributed by atoms with Crippen molar-refractivity contribution >= 4 is 11.9 Å². The van der Waals surface area contributed by atoms with E-state index in [9.17, 15) is 19.8 Å². The van der Waals surface area contributed by atoms with E-state index in [4.69, 9.17) is 14.2 Å². The maximum Gasteiger partial charge on any atom is 0.338 e. The van der Waals surface area contributed by atoms with E-state index >= 15 is 0 Å². The lowest BCUT2D eigenvalue weighted by molar-refractivity contribution is -0.287. The number of nitrogens with zero attached hydrogens (tertiary/aromatic N) is 1. The molecule has 1 aromatic carbocycles. The maximum absolute atomic E-state index is 13.6. The molecule has 9 bridgehead atoms. The van der Waals surface area contributed by atoms with Crippen LogP contribution in [0.25, 0.3) is 0 Å². The van der Waals surface area contributed by atoms with Crippen molar-refractivity contribution in [3.05, 3.63) is 35.9 Å². The predicted octanol–water partition coefficient (Wildman–Crippen LogP) is 2.02. The average molecular weight is 512 g/mol. The maximum atomic E-state index is 13.6. The van der Waals surface area contributed by atoms with Crippen LogP contribution >= 0.6 is 0 Å². The first-order chi connectivity index (χ1) is 17.7. The summed E-state index contributed by atoms with van der Waals surface area (Å²) < 4.78 is 18.5. The Morgan fingerprint density at radius 2 is 2.00 bits per heavy atom. The van der Waals surface area contributed by atoms with Crippen molar-refractivity contribution in [3.63, 3.8) is 0 Å². The van der Waals surface area contributed by atoms with E-state index < -0.39 is 46.4 Å². The second-order valence-corrected chi connectivity index (χ2v) is 12.6. The lowest BCUT2D eigenvalue weighted by atomic mass is 9.42. The second kappa shape index (κ2) is 7.78. The first kappa shape index (κ1) is 24.1. The van der Waals surface area contributed by atoms with Gasteiger partial charge in [0.1, 0.15) is 12.2 Å². The van der Waals surface area contributed by atoms with Crippen molar-refractivity contribution in [1.82, 2.24) is 4.90 Å². The number of carbonyl (C=O) groups is 2. The fraction of sp³-hybridized carbons (Fsp3) is 0.724. The molecule has 4 saturated carbocycles. The van der Waals surface area contributed by atoms with Gasteiger partial charge in [-0.15, -0.1) is 0 Å². The van der Waals surface area contributed by atoms with Crippen LogP contribution in [0.15, 0.2) is 30.3 Å². The molecular formula is C29H37NO7. The van der Waals surface area contributed by atoms with Crippen LogP contribution in [0.5, 0.6) is 0 Å². The van der Waals surface area contributed by atoms with E-state index in [0.717, 1.165) is 6.54 Å². The number of rotatable bonds is 4. The highest BCUT2D eigenvalue weighted by atomic mass is 16.6. The Kier molecular flexibility index (Phi) is 5.06. The Morgan fingerprint density at radius 3 is 2.70 bits per heavy atom. The Balaban J connectivity index is 1.48. The van der Waals surface area contributed by atoms with Crippen LogP contribution in [0.3, 0.4) is 0 Å². The third-order valence-corrected chi connectivity index (χ3v) is 11.5. The van der Waals surface area contributed by atoms with Gasteiger partial charge in [0.15, 0.2) is 0 Å². The minimum absolute atomic E-state index is 0.127. The van der Waals surface area contributed by atoms with Crippen LogP contribution in [0.2, 0.25) is 0 Å². The summed E-state index contributed by atoms with van der Waals surface area (Å²) in [5, 5.41) is 24.3. The number of ether oxygens (including phenoxy) is 3. The summed E-state index contributed by atoms with van der Waals surface area (Å²) in [5.41, 5.74) is -2.05. The molecule has 4 aliphatic carbocycles. The molecule has 0 radical (unpaired) electrons. The van der Waals surface area contributed by atoms with Gasteiger partial charge in [-0.05, 0) is 43.9 Å². The Bertz CT molecular complexity index is 1130. The number of hydrogen-bond acceptors (Lipinski definition) is 8. The van der Waals surface area contributed by atoms with Crippen LogP contribution in [-0.2, 0) is 19.0 Å². The molecule has 200 valence electrons. The average Bonchev–Trinajstić information content (AvgIpc) is 2.94. The molecule has 7 unspecified atom stereocenters. The zero-order chi connectivity index (χ0) is 25.9. The number of aliphatic hydroxyl groups is 2. The summed E-state index contributed by atoms with van der Waals surface area (Å²) in [5.74, 6) is -2.38. The van der Waals surface area contributed by atoms with Gasteiger partial charge in [0.25, 0.3) is 0 Å². The summed E-state index contributed by atoms with van der Waals surface area (Å²) >= 11 is 0. The number of piperidine rings is 1. The van der Waals surface area contributed by atoms with Crippen LogP contribution < -0.4 is 0 Å². The minimum Gasteiger partial charge on any atom is -0.462 e. The largest absolute Gasteiger partial charge is 0.462 e. The van der Waals surface area contributed by atoms with Gasteiger partial charge in [-0.1, -0.05) is 32.0 Å². The molecule has 0 aromatic heterocycles. The van der Waals surface area contributed by atoms with Crippen molar-refractivity contribution in [2.75, 3.05) is 20.2 Å². The fourth-order valence-corrected chi connectivity index (χ4v) is 10.4. The summed E-state index contributed by atoms with van der Waals surface area (Å²) in [6, 6.07) is 8.81. The first-order valence-corrected chi connectivity index (χ1v) is 13.9. The summed E-state index contributed by atoms with van der Waals surface area (Å²) in [6.45, 7) is 5.60. The molecule has 3 aliphatic heterocycles. The highest BCUT2D eigenvalue weighted by Crippen LogP contribution is 2.77. The van der Waals surface area contributed by atoms with Crippen molar-refractivity contribution in [3.8, 4) is 0 Å². The van der Waals surface area contributed by atoms with Crippen LogP contribution in [0, 0.1) is 34.5 Å². The van der Waals surface area contributed by atoms with Crippen LogP contribution in [-0.4, -0.2) is 83.3 Å². The zero-order valence-electron chi connectivity index (χ0n) is 21.7. The second-order valence-electron chi connectivity index (χ2n) is 12.6. The molecule has 37 heavy (non-hydrogen) atoms. The highest BCUT2D eigenvalue weighted by Gasteiger charge is 2.86. The van der Waals surface area contributed by atoms with E-state index in [0.29, 0.717) is 37.8 Å². The van der Waals surface area contributed by atoms with Crippen molar-refractivity contribution in [1.29, 1.82) is 0 Å². The number of methoxy groups -OCH3 is 1. The Labute approximate surface area is 217 Å². The normalized spacial score (nSPS) is 51.4. The van der Waals surface area contributed by atoms with Gasteiger partial charge >= 0.3 is 11.9 Å². The number of aliphatic hydroxyl groups excluding tert-OH is 1. The number of benzene rings is 1. The van der Waals surface area contributed by atoms with E-state index in [1.807, 2.05) is 6.07 Å². The number of fused-ring (bicyclic) bond motifs is 2. The van der Waals surface area contributed by atoms with E-state index in [1.165, 1.54) is 0 Å². The van der Waals surface area contributed by atoms with Gasteiger partial charge in [-0.25, -0.2) is 4.79 Å². The molecule has 0 amide bonds.